The van der Waals surface area contributed by atoms with E-state index < -0.39 is 0 Å². The maximum absolute atomic E-state index is 12.7. The summed E-state index contributed by atoms with van der Waals surface area (Å²) in [6, 6.07) is 10.5. The first-order chi connectivity index (χ1) is 14.2. The van der Waals surface area contributed by atoms with Crippen molar-refractivity contribution in [3.8, 4) is 0 Å². The molecule has 0 saturated carbocycles. The highest BCUT2D eigenvalue weighted by Gasteiger charge is 2.49. The Morgan fingerprint density at radius 2 is 1.86 bits per heavy atom. The van der Waals surface area contributed by atoms with Crippen molar-refractivity contribution in [2.45, 2.75) is 57.0 Å². The third-order valence-electron chi connectivity index (χ3n) is 7.11. The van der Waals surface area contributed by atoms with E-state index in [1.54, 1.807) is 7.05 Å². The van der Waals surface area contributed by atoms with E-state index in [9.17, 15) is 9.59 Å². The second-order valence-corrected chi connectivity index (χ2v) is 8.82. The van der Waals surface area contributed by atoms with Crippen LogP contribution in [0.25, 0.3) is 0 Å². The summed E-state index contributed by atoms with van der Waals surface area (Å²) >= 11 is 0. The molecule has 0 aromatic heterocycles. The molecule has 4 atom stereocenters. The minimum absolute atomic E-state index is 0.0462. The Hall–Kier alpha value is -2.08. The summed E-state index contributed by atoms with van der Waals surface area (Å²) < 4.78 is 0. The van der Waals surface area contributed by atoms with Gasteiger partial charge in [-0.1, -0.05) is 18.2 Å². The van der Waals surface area contributed by atoms with Gasteiger partial charge in [-0.15, -0.1) is 0 Å². The molecule has 2 N–H and O–H groups in total. The standard InChI is InChI=1S/C23H34N4O2/c1-24-23(29)27-16-17-8-6-14-26-15-7-11-19(22(17)26)20(27)12-5-13-21(28)25-18-9-3-2-4-10-18/h2-4,9-10,17,19-20,22H,5-8,11-16H2,1H3,(H,24,29)(H,25,28)/t17-,19+,20+,22-/m0/s1. The van der Waals surface area contributed by atoms with Gasteiger partial charge in [0.1, 0.15) is 0 Å². The third kappa shape index (κ3) is 4.42. The molecule has 0 radical (unpaired) electrons. The molecule has 6 heteroatoms. The molecule has 1 aromatic carbocycles. The van der Waals surface area contributed by atoms with Gasteiger partial charge < -0.3 is 15.5 Å². The topological polar surface area (TPSA) is 64.7 Å². The van der Waals surface area contributed by atoms with Gasteiger partial charge in [0.15, 0.2) is 0 Å². The smallest absolute Gasteiger partial charge is 0.317 e. The minimum Gasteiger partial charge on any atom is -0.341 e. The number of piperidine rings is 3. The van der Waals surface area contributed by atoms with E-state index in [2.05, 4.69) is 20.4 Å². The molecule has 3 aliphatic heterocycles. The Bertz CT molecular complexity index is 708. The van der Waals surface area contributed by atoms with Crippen molar-refractivity contribution in [3.05, 3.63) is 30.3 Å². The molecule has 0 spiro atoms. The number of hydrogen-bond donors (Lipinski definition) is 2. The second-order valence-electron chi connectivity index (χ2n) is 8.82. The van der Waals surface area contributed by atoms with E-state index in [4.69, 9.17) is 0 Å². The maximum Gasteiger partial charge on any atom is 0.317 e. The van der Waals surface area contributed by atoms with E-state index in [1.807, 2.05) is 30.3 Å². The lowest BCUT2D eigenvalue weighted by Gasteiger charge is -2.57. The van der Waals surface area contributed by atoms with Crippen LogP contribution in [-0.2, 0) is 4.79 Å². The lowest BCUT2D eigenvalue weighted by molar-refractivity contribution is -0.116. The number of para-hydroxylation sites is 1. The third-order valence-corrected chi connectivity index (χ3v) is 7.11. The Labute approximate surface area is 174 Å². The van der Waals surface area contributed by atoms with Gasteiger partial charge in [-0.3, -0.25) is 9.69 Å². The number of amides is 3. The van der Waals surface area contributed by atoms with E-state index in [-0.39, 0.29) is 18.0 Å². The number of urea groups is 1. The number of nitrogens with one attached hydrogen (secondary N) is 2. The monoisotopic (exact) mass is 398 g/mol. The van der Waals surface area contributed by atoms with Crippen molar-refractivity contribution >= 4 is 17.6 Å². The number of nitrogens with zero attached hydrogens (tertiary/aromatic N) is 2. The molecule has 0 unspecified atom stereocenters. The summed E-state index contributed by atoms with van der Waals surface area (Å²) in [5, 5.41) is 5.83. The lowest BCUT2D eigenvalue weighted by Crippen LogP contribution is -2.66. The Morgan fingerprint density at radius 3 is 2.62 bits per heavy atom. The van der Waals surface area contributed by atoms with Crippen molar-refractivity contribution in [2.24, 2.45) is 11.8 Å². The highest BCUT2D eigenvalue weighted by Crippen LogP contribution is 2.43. The summed E-state index contributed by atoms with van der Waals surface area (Å²) in [7, 11) is 1.73. The van der Waals surface area contributed by atoms with E-state index in [0.717, 1.165) is 25.1 Å². The molecule has 3 saturated heterocycles. The van der Waals surface area contributed by atoms with Gasteiger partial charge in [-0.05, 0) is 75.6 Å². The van der Waals surface area contributed by atoms with Crippen LogP contribution in [0.4, 0.5) is 10.5 Å². The van der Waals surface area contributed by atoms with Crippen LogP contribution in [-0.4, -0.2) is 60.5 Å². The second kappa shape index (κ2) is 9.16. The molecular formula is C23H34N4O2. The molecule has 1 aromatic rings. The van der Waals surface area contributed by atoms with Gasteiger partial charge >= 0.3 is 6.03 Å². The van der Waals surface area contributed by atoms with Gasteiger partial charge in [-0.2, -0.15) is 0 Å². The van der Waals surface area contributed by atoms with E-state index in [0.29, 0.717) is 24.3 Å². The minimum atomic E-state index is 0.0462. The predicted molar refractivity (Wildman–Crippen MR) is 115 cm³/mol. The molecule has 3 amide bonds. The first-order valence-electron chi connectivity index (χ1n) is 11.2. The molecule has 0 aliphatic carbocycles. The molecule has 3 heterocycles. The molecule has 29 heavy (non-hydrogen) atoms. The van der Waals surface area contributed by atoms with Gasteiger partial charge in [0, 0.05) is 37.8 Å². The van der Waals surface area contributed by atoms with Crippen LogP contribution in [0.15, 0.2) is 30.3 Å². The zero-order chi connectivity index (χ0) is 20.2. The Balaban J connectivity index is 1.40. The fraction of sp³-hybridized carbons (Fsp3) is 0.652. The molecule has 0 bridgehead atoms. The first kappa shape index (κ1) is 20.2. The molecule has 6 nitrogen and oxygen atoms in total. The lowest BCUT2D eigenvalue weighted by atomic mass is 9.69. The summed E-state index contributed by atoms with van der Waals surface area (Å²) in [5.74, 6) is 1.19. The fourth-order valence-corrected chi connectivity index (χ4v) is 5.96. The predicted octanol–water partition coefficient (Wildman–Crippen LogP) is 3.31. The highest BCUT2D eigenvalue weighted by molar-refractivity contribution is 5.90. The highest BCUT2D eigenvalue weighted by atomic mass is 16.2. The largest absolute Gasteiger partial charge is 0.341 e. The molecule has 4 rings (SSSR count). The molecule has 3 aliphatic rings. The zero-order valence-corrected chi connectivity index (χ0v) is 17.5. The van der Waals surface area contributed by atoms with Crippen LogP contribution < -0.4 is 10.6 Å². The van der Waals surface area contributed by atoms with Crippen molar-refractivity contribution < 1.29 is 9.59 Å². The Kier molecular flexibility index (Phi) is 6.38. The van der Waals surface area contributed by atoms with Crippen molar-refractivity contribution in [3.63, 3.8) is 0 Å². The number of carbonyl (C=O) groups excluding carboxylic acids is 2. The number of rotatable bonds is 5. The first-order valence-corrected chi connectivity index (χ1v) is 11.2. The Morgan fingerprint density at radius 1 is 1.10 bits per heavy atom. The molecule has 3 fully saturated rings. The van der Waals surface area contributed by atoms with E-state index >= 15 is 0 Å². The van der Waals surface area contributed by atoms with Gasteiger partial charge in [-0.25, -0.2) is 4.79 Å². The van der Waals surface area contributed by atoms with Crippen molar-refractivity contribution in [2.75, 3.05) is 32.0 Å². The van der Waals surface area contributed by atoms with E-state index in [1.165, 1.54) is 38.8 Å². The van der Waals surface area contributed by atoms with Crippen LogP contribution in [0, 0.1) is 11.8 Å². The average Bonchev–Trinajstić information content (AvgIpc) is 2.75. The van der Waals surface area contributed by atoms with Gasteiger partial charge in [0.25, 0.3) is 0 Å². The van der Waals surface area contributed by atoms with Crippen LogP contribution >= 0.6 is 0 Å². The fourth-order valence-electron chi connectivity index (χ4n) is 5.96. The quantitative estimate of drug-likeness (QED) is 0.800. The van der Waals surface area contributed by atoms with Gasteiger partial charge in [0.05, 0.1) is 0 Å². The average molecular weight is 399 g/mol. The summed E-state index contributed by atoms with van der Waals surface area (Å²) in [5.41, 5.74) is 0.843. The summed E-state index contributed by atoms with van der Waals surface area (Å²) in [4.78, 5) is 29.8. The SMILES string of the molecule is CNC(=O)N1C[C@@H]2CCCN3CCC[C@@H]([C@H]23)[C@H]1CCCC(=O)Nc1ccccc1. The van der Waals surface area contributed by atoms with Crippen LogP contribution in [0.1, 0.15) is 44.9 Å². The number of benzene rings is 1. The molecule has 158 valence electrons. The number of likely N-dealkylation sites (tertiary alicyclic amines) is 1. The summed E-state index contributed by atoms with van der Waals surface area (Å²) in [6.45, 7) is 3.28. The van der Waals surface area contributed by atoms with Gasteiger partial charge in [0.2, 0.25) is 5.91 Å². The zero-order valence-electron chi connectivity index (χ0n) is 17.5. The summed E-state index contributed by atoms with van der Waals surface area (Å²) in [6.07, 6.45) is 7.11. The number of anilines is 1. The van der Waals surface area contributed by atoms with Crippen molar-refractivity contribution in [1.29, 1.82) is 0 Å². The number of hydrogen-bond acceptors (Lipinski definition) is 3. The van der Waals surface area contributed by atoms with Crippen LogP contribution in [0.2, 0.25) is 0 Å². The van der Waals surface area contributed by atoms with Crippen LogP contribution in [0.5, 0.6) is 0 Å². The number of carbonyl (C=O) groups is 2. The van der Waals surface area contributed by atoms with Crippen molar-refractivity contribution in [1.82, 2.24) is 15.1 Å². The molecular weight excluding hydrogens is 364 g/mol. The normalized spacial score (nSPS) is 29.1. The maximum atomic E-state index is 12.7. The van der Waals surface area contributed by atoms with Crippen LogP contribution in [0.3, 0.4) is 0 Å².